The first-order valence-corrected chi connectivity index (χ1v) is 9.09. The Balaban J connectivity index is 3.38. The van der Waals surface area contributed by atoms with Crippen molar-refractivity contribution in [2.24, 2.45) is 0 Å². The van der Waals surface area contributed by atoms with Crippen LogP contribution in [0.1, 0.15) is 78.1 Å². The van der Waals surface area contributed by atoms with Crippen LogP contribution >= 0.6 is 0 Å². The summed E-state index contributed by atoms with van der Waals surface area (Å²) in [5, 5.41) is 18.2. The lowest BCUT2D eigenvalue weighted by atomic mass is 10.2. The Labute approximate surface area is 145 Å². The van der Waals surface area contributed by atoms with Gasteiger partial charge in [0.05, 0.1) is 25.4 Å². The number of hydrogen-bond donors (Lipinski definition) is 2. The largest absolute Gasteiger partial charge is 0.466 e. The van der Waals surface area contributed by atoms with Gasteiger partial charge in [0.15, 0.2) is 0 Å². The topological polar surface area (TPSA) is 93.1 Å². The maximum absolute atomic E-state index is 11.5. The minimum absolute atomic E-state index is 0.237. The van der Waals surface area contributed by atoms with Crippen molar-refractivity contribution >= 4 is 11.9 Å². The SMILES string of the molecule is CC(O)CCCCOC(=O)CCCCC(=O)OCCCCC(C)O. The fraction of sp³-hybridized carbons (Fsp3) is 0.889. The third-order valence-electron chi connectivity index (χ3n) is 3.57. The van der Waals surface area contributed by atoms with Crippen LogP contribution in [0.4, 0.5) is 0 Å². The third-order valence-corrected chi connectivity index (χ3v) is 3.57. The van der Waals surface area contributed by atoms with Gasteiger partial charge in [-0.25, -0.2) is 0 Å². The van der Waals surface area contributed by atoms with Crippen LogP contribution in [-0.2, 0) is 19.1 Å². The van der Waals surface area contributed by atoms with Gasteiger partial charge in [-0.05, 0) is 65.2 Å². The second kappa shape index (κ2) is 15.4. The average Bonchev–Trinajstić information content (AvgIpc) is 2.50. The number of carbonyl (C=O) groups excluding carboxylic acids is 2. The van der Waals surface area contributed by atoms with E-state index in [-0.39, 0.29) is 24.1 Å². The molecule has 0 amide bonds. The van der Waals surface area contributed by atoms with Gasteiger partial charge in [0.25, 0.3) is 0 Å². The van der Waals surface area contributed by atoms with E-state index in [9.17, 15) is 9.59 Å². The van der Waals surface area contributed by atoms with E-state index in [4.69, 9.17) is 19.7 Å². The number of rotatable bonds is 15. The fourth-order valence-electron chi connectivity index (χ4n) is 2.14. The van der Waals surface area contributed by atoms with Crippen molar-refractivity contribution in [2.75, 3.05) is 13.2 Å². The summed E-state index contributed by atoms with van der Waals surface area (Å²) in [6.07, 6.45) is 5.90. The van der Waals surface area contributed by atoms with E-state index in [1.807, 2.05) is 0 Å². The minimum atomic E-state index is -0.307. The molecule has 0 rings (SSSR count). The summed E-state index contributed by atoms with van der Waals surface area (Å²) in [6.45, 7) is 4.26. The highest BCUT2D eigenvalue weighted by atomic mass is 16.5. The van der Waals surface area contributed by atoms with E-state index in [1.165, 1.54) is 0 Å². The number of ether oxygens (including phenoxy) is 2. The molecule has 2 N–H and O–H groups in total. The first-order valence-electron chi connectivity index (χ1n) is 9.09. The molecule has 142 valence electrons. The quantitative estimate of drug-likeness (QED) is 0.350. The standard InChI is InChI=1S/C18H34O6/c1-15(19)9-5-7-13-23-17(21)11-3-4-12-18(22)24-14-8-6-10-16(2)20/h15-16,19-20H,3-14H2,1-2H3. The predicted octanol–water partition coefficient (Wildman–Crippen LogP) is 2.74. The lowest BCUT2D eigenvalue weighted by molar-refractivity contribution is -0.146. The Morgan fingerprint density at radius 1 is 0.708 bits per heavy atom. The van der Waals surface area contributed by atoms with Crippen LogP contribution in [0.25, 0.3) is 0 Å². The van der Waals surface area contributed by atoms with E-state index >= 15 is 0 Å². The van der Waals surface area contributed by atoms with E-state index in [1.54, 1.807) is 13.8 Å². The number of hydrogen-bond acceptors (Lipinski definition) is 6. The van der Waals surface area contributed by atoms with E-state index in [0.29, 0.717) is 38.9 Å². The number of unbranched alkanes of at least 4 members (excludes halogenated alkanes) is 3. The Morgan fingerprint density at radius 2 is 1.08 bits per heavy atom. The Hall–Kier alpha value is -1.14. The van der Waals surface area contributed by atoms with Crippen molar-refractivity contribution < 1.29 is 29.3 Å². The zero-order chi connectivity index (χ0) is 18.2. The predicted molar refractivity (Wildman–Crippen MR) is 91.4 cm³/mol. The molecule has 0 aromatic heterocycles. The zero-order valence-electron chi connectivity index (χ0n) is 15.2. The lowest BCUT2D eigenvalue weighted by Gasteiger charge is -2.07. The van der Waals surface area contributed by atoms with Crippen LogP contribution in [0.15, 0.2) is 0 Å². The highest BCUT2D eigenvalue weighted by molar-refractivity contribution is 5.70. The highest BCUT2D eigenvalue weighted by Gasteiger charge is 2.06. The molecule has 0 radical (unpaired) electrons. The molecule has 2 unspecified atom stereocenters. The fourth-order valence-corrected chi connectivity index (χ4v) is 2.14. The average molecular weight is 346 g/mol. The zero-order valence-corrected chi connectivity index (χ0v) is 15.2. The Morgan fingerprint density at radius 3 is 1.42 bits per heavy atom. The summed E-state index contributed by atoms with van der Waals surface area (Å²) in [4.78, 5) is 23.0. The molecule has 0 aliphatic heterocycles. The van der Waals surface area contributed by atoms with Crippen molar-refractivity contribution in [3.8, 4) is 0 Å². The summed E-state index contributed by atoms with van der Waals surface area (Å²) in [7, 11) is 0. The van der Waals surface area contributed by atoms with E-state index in [0.717, 1.165) is 38.5 Å². The van der Waals surface area contributed by atoms with E-state index in [2.05, 4.69) is 0 Å². The van der Waals surface area contributed by atoms with Crippen LogP contribution in [0.3, 0.4) is 0 Å². The second-order valence-corrected chi connectivity index (χ2v) is 6.34. The van der Waals surface area contributed by atoms with Crippen LogP contribution < -0.4 is 0 Å². The Kier molecular flexibility index (Phi) is 14.7. The summed E-state index contributed by atoms with van der Waals surface area (Å²) in [6, 6.07) is 0. The van der Waals surface area contributed by atoms with Crippen molar-refractivity contribution in [1.82, 2.24) is 0 Å². The lowest BCUT2D eigenvalue weighted by Crippen LogP contribution is -2.09. The van der Waals surface area contributed by atoms with Gasteiger partial charge in [-0.15, -0.1) is 0 Å². The first-order chi connectivity index (χ1) is 11.4. The van der Waals surface area contributed by atoms with Gasteiger partial charge in [-0.3, -0.25) is 9.59 Å². The smallest absolute Gasteiger partial charge is 0.305 e. The summed E-state index contributed by atoms with van der Waals surface area (Å²) >= 11 is 0. The molecule has 0 saturated carbocycles. The maximum atomic E-state index is 11.5. The maximum Gasteiger partial charge on any atom is 0.305 e. The van der Waals surface area contributed by atoms with Crippen molar-refractivity contribution in [3.05, 3.63) is 0 Å². The van der Waals surface area contributed by atoms with Gasteiger partial charge in [0.2, 0.25) is 0 Å². The molecule has 24 heavy (non-hydrogen) atoms. The highest BCUT2D eigenvalue weighted by Crippen LogP contribution is 2.06. The summed E-state index contributed by atoms with van der Waals surface area (Å²) in [5.41, 5.74) is 0. The Bertz CT molecular complexity index is 295. The van der Waals surface area contributed by atoms with Gasteiger partial charge in [-0.2, -0.15) is 0 Å². The molecule has 0 aliphatic carbocycles. The van der Waals surface area contributed by atoms with Gasteiger partial charge in [0.1, 0.15) is 0 Å². The van der Waals surface area contributed by atoms with Crippen molar-refractivity contribution in [1.29, 1.82) is 0 Å². The van der Waals surface area contributed by atoms with Crippen LogP contribution in [0.5, 0.6) is 0 Å². The number of carbonyl (C=O) groups is 2. The minimum Gasteiger partial charge on any atom is -0.466 e. The van der Waals surface area contributed by atoms with Crippen LogP contribution in [-0.4, -0.2) is 47.6 Å². The number of esters is 2. The molecule has 0 aromatic rings. The molecule has 6 heteroatoms. The molecule has 0 fully saturated rings. The van der Waals surface area contributed by atoms with Crippen LogP contribution in [0, 0.1) is 0 Å². The molecular weight excluding hydrogens is 312 g/mol. The van der Waals surface area contributed by atoms with E-state index < -0.39 is 0 Å². The molecule has 0 heterocycles. The van der Waals surface area contributed by atoms with Gasteiger partial charge in [0, 0.05) is 12.8 Å². The van der Waals surface area contributed by atoms with Crippen molar-refractivity contribution in [3.63, 3.8) is 0 Å². The number of aliphatic hydroxyl groups excluding tert-OH is 2. The van der Waals surface area contributed by atoms with Gasteiger partial charge >= 0.3 is 11.9 Å². The molecular formula is C18H34O6. The first kappa shape index (κ1) is 22.9. The molecule has 0 bridgehead atoms. The second-order valence-electron chi connectivity index (χ2n) is 6.34. The van der Waals surface area contributed by atoms with Gasteiger partial charge in [-0.1, -0.05) is 0 Å². The summed E-state index contributed by atoms with van der Waals surface area (Å²) < 4.78 is 10.2. The molecule has 0 aromatic carbocycles. The molecule has 0 aliphatic rings. The molecule has 0 spiro atoms. The molecule has 2 atom stereocenters. The normalized spacial score (nSPS) is 13.3. The third kappa shape index (κ3) is 17.2. The monoisotopic (exact) mass is 346 g/mol. The van der Waals surface area contributed by atoms with Gasteiger partial charge < -0.3 is 19.7 Å². The number of aliphatic hydroxyl groups is 2. The molecule has 6 nitrogen and oxygen atoms in total. The summed E-state index contributed by atoms with van der Waals surface area (Å²) in [5.74, 6) is -0.475. The van der Waals surface area contributed by atoms with Crippen LogP contribution in [0.2, 0.25) is 0 Å². The molecule has 0 saturated heterocycles. The van der Waals surface area contributed by atoms with Crippen molar-refractivity contribution in [2.45, 2.75) is 90.3 Å².